The number of anilines is 2. The summed E-state index contributed by atoms with van der Waals surface area (Å²) in [7, 11) is 0. The van der Waals surface area contributed by atoms with Gasteiger partial charge in [0.05, 0.1) is 16.1 Å². The Balaban J connectivity index is 2.36. The van der Waals surface area contributed by atoms with E-state index in [1.807, 2.05) is 0 Å². The molecule has 2 aromatic rings. The number of halogens is 1. The van der Waals surface area contributed by atoms with Gasteiger partial charge in [0, 0.05) is 18.2 Å². The number of nitrogens with one attached hydrogen (secondary N) is 2. The second-order valence-electron chi connectivity index (χ2n) is 4.01. The van der Waals surface area contributed by atoms with E-state index in [1.165, 1.54) is 18.5 Å². The molecular formula is C12H11ClN4O4. The van der Waals surface area contributed by atoms with Crippen molar-refractivity contribution in [1.82, 2.24) is 5.16 Å². The van der Waals surface area contributed by atoms with Gasteiger partial charge in [0.1, 0.15) is 17.6 Å². The molecule has 1 amide bonds. The van der Waals surface area contributed by atoms with E-state index in [2.05, 4.69) is 20.3 Å². The molecule has 0 saturated heterocycles. The summed E-state index contributed by atoms with van der Waals surface area (Å²) in [6.07, 6.45) is 2.54. The van der Waals surface area contributed by atoms with E-state index >= 15 is 0 Å². The minimum atomic E-state index is -0.597. The lowest BCUT2D eigenvalue weighted by atomic mass is 10.1. The van der Waals surface area contributed by atoms with Crippen LogP contribution in [-0.4, -0.2) is 22.5 Å². The molecule has 0 bridgehead atoms. The molecule has 110 valence electrons. The highest BCUT2D eigenvalue weighted by atomic mass is 35.5. The van der Waals surface area contributed by atoms with Crippen LogP contribution < -0.4 is 10.6 Å². The number of carbonyl (C=O) groups is 1. The van der Waals surface area contributed by atoms with E-state index in [9.17, 15) is 14.9 Å². The molecule has 0 aliphatic carbocycles. The normalized spacial score (nSPS) is 10.2. The zero-order valence-electron chi connectivity index (χ0n) is 10.9. The molecule has 0 fully saturated rings. The Kier molecular flexibility index (Phi) is 4.39. The van der Waals surface area contributed by atoms with Gasteiger partial charge in [-0.1, -0.05) is 16.8 Å². The smallest absolute Gasteiger partial charge is 0.294 e. The summed E-state index contributed by atoms with van der Waals surface area (Å²) in [6.45, 7) is 2.25. The quantitative estimate of drug-likeness (QED) is 0.649. The summed E-state index contributed by atoms with van der Waals surface area (Å²) in [6, 6.07) is 2.52. The van der Waals surface area contributed by atoms with Gasteiger partial charge in [0.15, 0.2) is 0 Å². The minimum absolute atomic E-state index is 0.0644. The van der Waals surface area contributed by atoms with Crippen LogP contribution in [-0.2, 0) is 0 Å². The summed E-state index contributed by atoms with van der Waals surface area (Å²) >= 11 is 6.01. The molecule has 1 heterocycles. The van der Waals surface area contributed by atoms with Crippen LogP contribution in [0, 0.1) is 10.1 Å². The largest absolute Gasteiger partial charge is 0.379 e. The molecule has 2 N–H and O–H groups in total. The Hall–Kier alpha value is -2.61. The topological polar surface area (TPSA) is 110 Å². The minimum Gasteiger partial charge on any atom is -0.379 e. The third-order valence-corrected chi connectivity index (χ3v) is 2.87. The van der Waals surface area contributed by atoms with E-state index in [0.717, 1.165) is 6.07 Å². The van der Waals surface area contributed by atoms with Crippen LogP contribution in [0.4, 0.5) is 17.1 Å². The number of amides is 1. The first-order valence-corrected chi connectivity index (χ1v) is 6.33. The molecular weight excluding hydrogens is 300 g/mol. The molecule has 0 radical (unpaired) electrons. The van der Waals surface area contributed by atoms with Crippen LogP contribution in [0.1, 0.15) is 17.3 Å². The lowest BCUT2D eigenvalue weighted by Gasteiger charge is -2.09. The fourth-order valence-corrected chi connectivity index (χ4v) is 1.97. The Morgan fingerprint density at radius 2 is 2.29 bits per heavy atom. The summed E-state index contributed by atoms with van der Waals surface area (Å²) in [5.74, 6) is -0.550. The van der Waals surface area contributed by atoms with Crippen LogP contribution >= 0.6 is 11.6 Å². The van der Waals surface area contributed by atoms with E-state index in [4.69, 9.17) is 11.6 Å². The van der Waals surface area contributed by atoms with Gasteiger partial charge in [-0.2, -0.15) is 0 Å². The van der Waals surface area contributed by atoms with Crippen molar-refractivity contribution in [3.8, 4) is 0 Å². The molecule has 0 spiro atoms. The van der Waals surface area contributed by atoms with Gasteiger partial charge in [-0.05, 0) is 13.0 Å². The van der Waals surface area contributed by atoms with Gasteiger partial charge in [-0.15, -0.1) is 0 Å². The van der Waals surface area contributed by atoms with Crippen molar-refractivity contribution in [2.24, 2.45) is 0 Å². The number of nitro groups is 1. The molecule has 2 rings (SSSR count). The number of aromatic nitrogens is 1. The third kappa shape index (κ3) is 3.29. The fourth-order valence-electron chi connectivity index (χ4n) is 1.69. The maximum Gasteiger partial charge on any atom is 0.294 e. The number of carbonyl (C=O) groups excluding carboxylic acids is 1. The molecule has 0 aliphatic heterocycles. The van der Waals surface area contributed by atoms with Crippen LogP contribution in [0.3, 0.4) is 0 Å². The molecule has 1 aromatic carbocycles. The molecule has 9 heteroatoms. The van der Waals surface area contributed by atoms with Crippen LogP contribution in [0.2, 0.25) is 5.02 Å². The Bertz CT molecular complexity index is 672. The number of nitro benzene ring substituents is 1. The second kappa shape index (κ2) is 6.23. The summed E-state index contributed by atoms with van der Waals surface area (Å²) in [4.78, 5) is 22.5. The molecule has 21 heavy (non-hydrogen) atoms. The maximum atomic E-state index is 12.0. The standard InChI is InChI=1S/C12H11ClN4O4/c1-2-14-11-9(13)3-7(4-10(11)17(19)20)12(18)16-8-5-15-21-6-8/h3-6,14H,2H2,1H3,(H,16,18). The number of benzene rings is 1. The molecule has 0 atom stereocenters. The van der Waals surface area contributed by atoms with E-state index < -0.39 is 10.8 Å². The number of hydrogen-bond donors (Lipinski definition) is 2. The lowest BCUT2D eigenvalue weighted by Crippen LogP contribution is -2.12. The highest BCUT2D eigenvalue weighted by molar-refractivity contribution is 6.34. The van der Waals surface area contributed by atoms with Gasteiger partial charge >= 0.3 is 0 Å². The number of hydrogen-bond acceptors (Lipinski definition) is 6. The summed E-state index contributed by atoms with van der Waals surface area (Å²) < 4.78 is 4.58. The fraction of sp³-hybridized carbons (Fsp3) is 0.167. The van der Waals surface area contributed by atoms with Gasteiger partial charge in [-0.3, -0.25) is 14.9 Å². The molecule has 0 unspecified atom stereocenters. The van der Waals surface area contributed by atoms with Crippen LogP contribution in [0.25, 0.3) is 0 Å². The zero-order valence-corrected chi connectivity index (χ0v) is 11.7. The SMILES string of the molecule is CCNc1c(Cl)cc(C(=O)Nc2cnoc2)cc1[N+](=O)[O-]. The van der Waals surface area contributed by atoms with Crippen molar-refractivity contribution < 1.29 is 14.2 Å². The van der Waals surface area contributed by atoms with Gasteiger partial charge < -0.3 is 15.2 Å². The summed E-state index contributed by atoms with van der Waals surface area (Å²) in [5.41, 5.74) is 0.328. The Labute approximate surface area is 124 Å². The second-order valence-corrected chi connectivity index (χ2v) is 4.41. The number of nitrogens with zero attached hydrogens (tertiary/aromatic N) is 2. The first kappa shape index (κ1) is 14.8. The molecule has 1 aromatic heterocycles. The van der Waals surface area contributed by atoms with Crippen LogP contribution in [0.5, 0.6) is 0 Å². The molecule has 8 nitrogen and oxygen atoms in total. The van der Waals surface area contributed by atoms with Crippen molar-refractivity contribution in [1.29, 1.82) is 0 Å². The monoisotopic (exact) mass is 310 g/mol. The predicted octanol–water partition coefficient (Wildman–Crippen LogP) is 2.92. The van der Waals surface area contributed by atoms with E-state index in [0.29, 0.717) is 12.2 Å². The van der Waals surface area contributed by atoms with Crippen LogP contribution in [0.15, 0.2) is 29.1 Å². The Morgan fingerprint density at radius 3 is 2.86 bits per heavy atom. The first-order valence-electron chi connectivity index (χ1n) is 5.95. The van der Waals surface area contributed by atoms with Crippen molar-refractivity contribution in [3.63, 3.8) is 0 Å². The summed E-state index contributed by atoms with van der Waals surface area (Å²) in [5, 5.41) is 19.9. The highest BCUT2D eigenvalue weighted by Crippen LogP contribution is 2.33. The maximum absolute atomic E-state index is 12.0. The van der Waals surface area contributed by atoms with E-state index in [-0.39, 0.29) is 22.0 Å². The van der Waals surface area contributed by atoms with Crippen molar-refractivity contribution in [2.75, 3.05) is 17.2 Å². The van der Waals surface area contributed by atoms with E-state index in [1.54, 1.807) is 6.92 Å². The third-order valence-electron chi connectivity index (χ3n) is 2.57. The average molecular weight is 311 g/mol. The van der Waals surface area contributed by atoms with Gasteiger partial charge in [0.25, 0.3) is 11.6 Å². The molecule has 0 saturated carbocycles. The van der Waals surface area contributed by atoms with Crippen molar-refractivity contribution in [3.05, 3.63) is 45.3 Å². The average Bonchev–Trinajstić information content (AvgIpc) is 2.93. The Morgan fingerprint density at radius 1 is 1.52 bits per heavy atom. The van der Waals surface area contributed by atoms with Crippen molar-refractivity contribution >= 4 is 34.6 Å². The van der Waals surface area contributed by atoms with Crippen molar-refractivity contribution in [2.45, 2.75) is 6.92 Å². The van der Waals surface area contributed by atoms with Gasteiger partial charge in [-0.25, -0.2) is 0 Å². The zero-order chi connectivity index (χ0) is 15.4. The lowest BCUT2D eigenvalue weighted by molar-refractivity contribution is -0.384. The highest BCUT2D eigenvalue weighted by Gasteiger charge is 2.21. The molecule has 0 aliphatic rings. The predicted molar refractivity (Wildman–Crippen MR) is 76.7 cm³/mol. The first-order chi connectivity index (χ1) is 10.0. The number of rotatable bonds is 5. The van der Waals surface area contributed by atoms with Gasteiger partial charge in [0.2, 0.25) is 0 Å².